The van der Waals surface area contributed by atoms with Gasteiger partial charge in [0.25, 0.3) is 0 Å². The molecule has 0 bridgehead atoms. The summed E-state index contributed by atoms with van der Waals surface area (Å²) in [4.78, 5) is 0. The topological polar surface area (TPSA) is 58.3 Å². The van der Waals surface area contributed by atoms with Gasteiger partial charge in [-0.3, -0.25) is 5.43 Å². The molecule has 0 saturated carbocycles. The van der Waals surface area contributed by atoms with Crippen LogP contribution in [0.3, 0.4) is 0 Å². The van der Waals surface area contributed by atoms with Gasteiger partial charge in [-0.2, -0.15) is 5.10 Å². The number of azo groups is 1. The van der Waals surface area contributed by atoms with Gasteiger partial charge in [0.15, 0.2) is 0 Å². The highest BCUT2D eigenvalue weighted by atomic mass is 16.5. The maximum atomic E-state index is 5.21. The molecule has 0 aliphatic carbocycles. The van der Waals surface area contributed by atoms with E-state index in [9.17, 15) is 0 Å². The summed E-state index contributed by atoms with van der Waals surface area (Å²) in [5, 5.41) is 13.2. The van der Waals surface area contributed by atoms with Gasteiger partial charge in [0.2, 0.25) is 5.84 Å². The van der Waals surface area contributed by atoms with Crippen molar-refractivity contribution in [2.75, 3.05) is 12.5 Å². The summed E-state index contributed by atoms with van der Waals surface area (Å²) in [7, 11) is 1.64. The number of hydrazone groups is 1. The number of hydrogen-bond donors (Lipinski definition) is 1. The quantitative estimate of drug-likeness (QED) is 0.285. The van der Waals surface area contributed by atoms with Crippen molar-refractivity contribution in [2.45, 2.75) is 6.92 Å². The van der Waals surface area contributed by atoms with Crippen molar-refractivity contribution in [3.63, 3.8) is 0 Å². The first-order valence-electron chi connectivity index (χ1n) is 8.27. The van der Waals surface area contributed by atoms with Gasteiger partial charge >= 0.3 is 0 Å². The molecule has 0 fully saturated rings. The Morgan fingerprint density at radius 2 is 1.54 bits per heavy atom. The largest absolute Gasteiger partial charge is 0.497 e. The van der Waals surface area contributed by atoms with Crippen LogP contribution < -0.4 is 10.2 Å². The van der Waals surface area contributed by atoms with Gasteiger partial charge in [-0.15, -0.1) is 10.2 Å². The zero-order valence-electron chi connectivity index (χ0n) is 14.8. The zero-order chi connectivity index (χ0) is 18.2. The number of aryl methyl sites for hydroxylation is 1. The summed E-state index contributed by atoms with van der Waals surface area (Å²) in [6.45, 7) is 2.00. The average molecular weight is 344 g/mol. The fraction of sp³-hybridized carbons (Fsp3) is 0.0952. The maximum Gasteiger partial charge on any atom is 0.201 e. The molecule has 0 heterocycles. The minimum absolute atomic E-state index is 0.486. The van der Waals surface area contributed by atoms with Crippen molar-refractivity contribution in [2.24, 2.45) is 15.3 Å². The number of rotatable bonds is 5. The van der Waals surface area contributed by atoms with Crippen molar-refractivity contribution >= 4 is 17.2 Å². The van der Waals surface area contributed by atoms with E-state index in [1.807, 2.05) is 85.8 Å². The number of nitrogens with zero attached hydrogens (tertiary/aromatic N) is 3. The van der Waals surface area contributed by atoms with E-state index >= 15 is 0 Å². The minimum atomic E-state index is 0.486. The molecule has 0 atom stereocenters. The van der Waals surface area contributed by atoms with E-state index < -0.39 is 0 Å². The first-order valence-corrected chi connectivity index (χ1v) is 8.27. The van der Waals surface area contributed by atoms with Crippen LogP contribution in [0.4, 0.5) is 11.4 Å². The summed E-state index contributed by atoms with van der Waals surface area (Å²) in [6, 6.07) is 25.1. The fourth-order valence-corrected chi connectivity index (χ4v) is 2.29. The maximum absolute atomic E-state index is 5.21. The van der Waals surface area contributed by atoms with Crippen LogP contribution in [0.5, 0.6) is 5.75 Å². The van der Waals surface area contributed by atoms with Crippen molar-refractivity contribution < 1.29 is 4.74 Å². The second-order valence-corrected chi connectivity index (χ2v) is 5.63. The van der Waals surface area contributed by atoms with E-state index in [-0.39, 0.29) is 0 Å². The average Bonchev–Trinajstić information content (AvgIpc) is 2.70. The van der Waals surface area contributed by atoms with Crippen molar-refractivity contribution in [1.82, 2.24) is 0 Å². The summed E-state index contributed by atoms with van der Waals surface area (Å²) >= 11 is 0. The van der Waals surface area contributed by atoms with Crippen LogP contribution in [0.2, 0.25) is 0 Å². The number of hydrogen-bond acceptors (Lipinski definition) is 4. The predicted molar refractivity (Wildman–Crippen MR) is 105 cm³/mol. The lowest BCUT2D eigenvalue weighted by molar-refractivity contribution is 0.415. The lowest BCUT2D eigenvalue weighted by Crippen LogP contribution is -2.01. The third-order valence-electron chi connectivity index (χ3n) is 3.78. The predicted octanol–water partition coefficient (Wildman–Crippen LogP) is 5.56. The van der Waals surface area contributed by atoms with Gasteiger partial charge in [-0.25, -0.2) is 0 Å². The summed E-state index contributed by atoms with van der Waals surface area (Å²) < 4.78 is 5.21. The molecule has 5 nitrogen and oxygen atoms in total. The normalized spacial score (nSPS) is 11.5. The van der Waals surface area contributed by atoms with Crippen LogP contribution in [0, 0.1) is 6.92 Å². The van der Waals surface area contributed by atoms with E-state index in [0.717, 1.165) is 28.3 Å². The summed E-state index contributed by atoms with van der Waals surface area (Å²) in [6.07, 6.45) is 0. The number of para-hydroxylation sites is 1. The molecule has 0 unspecified atom stereocenters. The Balaban J connectivity index is 1.91. The standard InChI is InChI=1S/C21H20N4O/c1-16-8-6-7-11-20(16)23-25-21(17-12-14-19(26-2)15-13-17)24-22-18-9-4-3-5-10-18/h3-15,22H,1-2H3/b24-21-,25-23?. The Kier molecular flexibility index (Phi) is 5.72. The first-order chi connectivity index (χ1) is 12.8. The molecule has 3 rings (SSSR count). The van der Waals surface area contributed by atoms with Crippen LogP contribution in [0.1, 0.15) is 11.1 Å². The van der Waals surface area contributed by atoms with Crippen LogP contribution in [0.25, 0.3) is 0 Å². The third kappa shape index (κ3) is 4.54. The Labute approximate surface area is 153 Å². The molecule has 0 aliphatic rings. The van der Waals surface area contributed by atoms with Gasteiger partial charge in [-0.1, -0.05) is 36.4 Å². The SMILES string of the molecule is COc1ccc(/C(N=Nc2ccccc2C)=N/Nc2ccccc2)cc1. The number of anilines is 1. The van der Waals surface area contributed by atoms with Gasteiger partial charge in [0.1, 0.15) is 5.75 Å². The van der Waals surface area contributed by atoms with Crippen LogP contribution in [-0.2, 0) is 0 Å². The highest BCUT2D eigenvalue weighted by Gasteiger charge is 2.04. The van der Waals surface area contributed by atoms with Crippen LogP contribution in [0.15, 0.2) is 94.2 Å². The molecule has 26 heavy (non-hydrogen) atoms. The Bertz CT molecular complexity index is 903. The van der Waals surface area contributed by atoms with Gasteiger partial charge < -0.3 is 4.74 Å². The van der Waals surface area contributed by atoms with E-state index in [2.05, 4.69) is 20.8 Å². The summed E-state index contributed by atoms with van der Waals surface area (Å²) in [5.74, 6) is 1.26. The fourth-order valence-electron chi connectivity index (χ4n) is 2.29. The van der Waals surface area contributed by atoms with Crippen molar-refractivity contribution in [1.29, 1.82) is 0 Å². The molecule has 5 heteroatoms. The molecular formula is C21H20N4O. The molecule has 1 N–H and O–H groups in total. The van der Waals surface area contributed by atoms with E-state index in [1.165, 1.54) is 0 Å². The van der Waals surface area contributed by atoms with Crippen molar-refractivity contribution in [3.05, 3.63) is 90.0 Å². The molecular weight excluding hydrogens is 324 g/mol. The van der Waals surface area contributed by atoms with Gasteiger partial charge in [-0.05, 0) is 55.0 Å². The molecule has 3 aromatic carbocycles. The minimum Gasteiger partial charge on any atom is -0.497 e. The third-order valence-corrected chi connectivity index (χ3v) is 3.78. The number of methoxy groups -OCH3 is 1. The molecule has 0 aliphatic heterocycles. The van der Waals surface area contributed by atoms with Gasteiger partial charge in [0.05, 0.1) is 18.5 Å². The zero-order valence-corrected chi connectivity index (χ0v) is 14.8. The second-order valence-electron chi connectivity index (χ2n) is 5.63. The highest BCUT2D eigenvalue weighted by molar-refractivity contribution is 5.99. The number of amidine groups is 1. The smallest absolute Gasteiger partial charge is 0.201 e. The van der Waals surface area contributed by atoms with E-state index in [1.54, 1.807) is 7.11 Å². The lowest BCUT2D eigenvalue weighted by Gasteiger charge is -2.05. The Morgan fingerprint density at radius 1 is 0.846 bits per heavy atom. The molecule has 130 valence electrons. The highest BCUT2D eigenvalue weighted by Crippen LogP contribution is 2.19. The Hall–Kier alpha value is -3.47. The monoisotopic (exact) mass is 344 g/mol. The summed E-state index contributed by atoms with van der Waals surface area (Å²) in [5.41, 5.74) is 6.61. The molecule has 3 aromatic rings. The number of benzene rings is 3. The Morgan fingerprint density at radius 3 is 2.23 bits per heavy atom. The van der Waals surface area contributed by atoms with E-state index in [4.69, 9.17) is 4.74 Å². The van der Waals surface area contributed by atoms with Crippen molar-refractivity contribution in [3.8, 4) is 5.75 Å². The first kappa shape index (κ1) is 17.4. The molecule has 0 saturated heterocycles. The second kappa shape index (κ2) is 8.58. The van der Waals surface area contributed by atoms with Crippen LogP contribution >= 0.6 is 0 Å². The molecule has 0 aromatic heterocycles. The van der Waals surface area contributed by atoms with E-state index in [0.29, 0.717) is 5.84 Å². The lowest BCUT2D eigenvalue weighted by atomic mass is 10.2. The molecule has 0 amide bonds. The number of ether oxygens (including phenoxy) is 1. The van der Waals surface area contributed by atoms with Crippen LogP contribution in [-0.4, -0.2) is 12.9 Å². The number of nitrogens with one attached hydrogen (secondary N) is 1. The molecule has 0 spiro atoms. The molecule has 0 radical (unpaired) electrons. The van der Waals surface area contributed by atoms with Gasteiger partial charge in [0, 0.05) is 5.56 Å².